The van der Waals surface area contributed by atoms with Gasteiger partial charge < -0.3 is 10.8 Å². The summed E-state index contributed by atoms with van der Waals surface area (Å²) in [5.74, 6) is -0.510. The lowest BCUT2D eigenvalue weighted by Crippen LogP contribution is -2.25. The zero-order valence-electron chi connectivity index (χ0n) is 9.38. The number of nitro groups is 1. The van der Waals surface area contributed by atoms with Crippen LogP contribution in [0, 0.1) is 22.4 Å². The molecule has 0 aliphatic heterocycles. The van der Waals surface area contributed by atoms with Crippen LogP contribution in [0.1, 0.15) is 11.1 Å². The summed E-state index contributed by atoms with van der Waals surface area (Å²) < 4.78 is 0. The number of halogens is 1. The highest BCUT2D eigenvalue weighted by Gasteiger charge is 2.13. The van der Waals surface area contributed by atoms with Gasteiger partial charge in [-0.15, -0.1) is 12.4 Å². The fourth-order valence-corrected chi connectivity index (χ4v) is 1.17. The lowest BCUT2D eigenvalue weighted by Gasteiger charge is -2.02. The molecule has 1 aromatic carbocycles. The second-order valence-corrected chi connectivity index (χ2v) is 3.24. The molecule has 0 heterocycles. The molecule has 9 heteroatoms. The molecule has 18 heavy (non-hydrogen) atoms. The summed E-state index contributed by atoms with van der Waals surface area (Å²) in [6.07, 6.45) is 1.14. The summed E-state index contributed by atoms with van der Waals surface area (Å²) in [4.78, 5) is 10.1. The van der Waals surface area contributed by atoms with Crippen LogP contribution < -0.4 is 11.2 Å². The molecular weight excluding hydrogens is 262 g/mol. The number of aryl methyl sites for hydroxylation is 1. The maximum absolute atomic E-state index is 10.7. The molecule has 1 aromatic rings. The number of hydrogen-bond acceptors (Lipinski definition) is 5. The van der Waals surface area contributed by atoms with Crippen molar-refractivity contribution in [2.45, 2.75) is 6.92 Å². The van der Waals surface area contributed by atoms with Gasteiger partial charge in [-0.1, -0.05) is 0 Å². The smallest absolute Gasteiger partial charge is 0.273 e. The number of aromatic hydroxyl groups is 1. The topological polar surface area (TPSA) is 138 Å². The van der Waals surface area contributed by atoms with Gasteiger partial charge >= 0.3 is 0 Å². The molecule has 0 unspecified atom stereocenters. The quantitative estimate of drug-likeness (QED) is 0.280. The van der Waals surface area contributed by atoms with E-state index in [4.69, 9.17) is 11.1 Å². The third kappa shape index (κ3) is 3.91. The lowest BCUT2D eigenvalue weighted by atomic mass is 10.1. The Bertz CT molecular complexity index is 503. The third-order valence-electron chi connectivity index (χ3n) is 1.93. The zero-order chi connectivity index (χ0) is 13.0. The van der Waals surface area contributed by atoms with Gasteiger partial charge in [-0.05, 0) is 13.0 Å². The fraction of sp³-hybridized carbons (Fsp3) is 0.111. The van der Waals surface area contributed by atoms with Gasteiger partial charge in [0.05, 0.1) is 11.1 Å². The number of nitrogens with one attached hydrogen (secondary N) is 2. The average Bonchev–Trinajstić information content (AvgIpc) is 2.20. The van der Waals surface area contributed by atoms with E-state index in [1.807, 2.05) is 0 Å². The minimum absolute atomic E-state index is 0. The van der Waals surface area contributed by atoms with Crippen LogP contribution in [0.15, 0.2) is 17.2 Å². The summed E-state index contributed by atoms with van der Waals surface area (Å²) in [6.45, 7) is 1.52. The van der Waals surface area contributed by atoms with Gasteiger partial charge in [-0.3, -0.25) is 15.5 Å². The molecule has 5 N–H and O–H groups in total. The summed E-state index contributed by atoms with van der Waals surface area (Å²) in [5.41, 5.74) is 7.51. The SMILES string of the molecule is Cc1cc(O)c(C=NNC(=N)N)cc1[N+](=O)[O-].Cl. The highest BCUT2D eigenvalue weighted by molar-refractivity contribution is 5.86. The van der Waals surface area contributed by atoms with Crippen LogP contribution >= 0.6 is 12.4 Å². The number of hydrogen-bond donors (Lipinski definition) is 4. The summed E-state index contributed by atoms with van der Waals surface area (Å²) >= 11 is 0. The molecule has 1 rings (SSSR count). The van der Waals surface area contributed by atoms with E-state index >= 15 is 0 Å². The van der Waals surface area contributed by atoms with Crippen LogP contribution in [0.5, 0.6) is 5.75 Å². The van der Waals surface area contributed by atoms with Crippen molar-refractivity contribution in [2.75, 3.05) is 0 Å². The van der Waals surface area contributed by atoms with Crippen molar-refractivity contribution < 1.29 is 10.0 Å². The first-order valence-electron chi connectivity index (χ1n) is 4.53. The number of phenols is 1. The molecule has 0 saturated carbocycles. The molecule has 0 spiro atoms. The van der Waals surface area contributed by atoms with Gasteiger partial charge in [0.15, 0.2) is 0 Å². The van der Waals surface area contributed by atoms with Crippen LogP contribution in [-0.4, -0.2) is 22.2 Å². The standard InChI is InChI=1S/C9H11N5O3.ClH/c1-5-2-8(15)6(3-7(5)14(16)17)4-12-13-9(10)11;/h2-4,15H,1H3,(H4,10,11,13);1H. The van der Waals surface area contributed by atoms with Gasteiger partial charge in [0.2, 0.25) is 5.96 Å². The van der Waals surface area contributed by atoms with Crippen molar-refractivity contribution in [2.24, 2.45) is 10.8 Å². The van der Waals surface area contributed by atoms with Gasteiger partial charge in [-0.25, -0.2) is 5.43 Å². The Morgan fingerprint density at radius 2 is 2.28 bits per heavy atom. The minimum Gasteiger partial charge on any atom is -0.507 e. The number of hydrazone groups is 1. The average molecular weight is 274 g/mol. The first kappa shape index (κ1) is 15.7. The number of nitrogens with two attached hydrogens (primary N) is 1. The predicted molar refractivity (Wildman–Crippen MR) is 69.4 cm³/mol. The molecule has 0 aliphatic carbocycles. The molecule has 0 amide bonds. The third-order valence-corrected chi connectivity index (χ3v) is 1.93. The number of guanidine groups is 1. The number of rotatable bonds is 3. The van der Waals surface area contributed by atoms with Gasteiger partial charge in [0, 0.05) is 17.2 Å². The number of phenolic OH excluding ortho intramolecular Hbond substituents is 1. The largest absolute Gasteiger partial charge is 0.507 e. The Morgan fingerprint density at radius 3 is 2.78 bits per heavy atom. The Balaban J connectivity index is 0.00000289. The fourth-order valence-electron chi connectivity index (χ4n) is 1.17. The van der Waals surface area contributed by atoms with E-state index in [1.165, 1.54) is 19.1 Å². The van der Waals surface area contributed by atoms with Gasteiger partial charge in [0.1, 0.15) is 5.75 Å². The van der Waals surface area contributed by atoms with Crippen molar-refractivity contribution >= 4 is 30.3 Å². The Labute approximate surface area is 109 Å². The van der Waals surface area contributed by atoms with Crippen molar-refractivity contribution in [3.05, 3.63) is 33.4 Å². The molecule has 0 bridgehead atoms. The second-order valence-electron chi connectivity index (χ2n) is 3.24. The van der Waals surface area contributed by atoms with E-state index in [1.54, 1.807) is 0 Å². The van der Waals surface area contributed by atoms with Crippen LogP contribution in [-0.2, 0) is 0 Å². The molecule has 98 valence electrons. The molecular formula is C9H12ClN5O3. The van der Waals surface area contributed by atoms with Crippen LogP contribution in [0.4, 0.5) is 5.69 Å². The van der Waals surface area contributed by atoms with Crippen LogP contribution in [0.3, 0.4) is 0 Å². The number of nitro benzene ring substituents is 1. The maximum Gasteiger partial charge on any atom is 0.273 e. The Morgan fingerprint density at radius 1 is 1.67 bits per heavy atom. The van der Waals surface area contributed by atoms with Crippen molar-refractivity contribution in [1.82, 2.24) is 5.43 Å². The van der Waals surface area contributed by atoms with E-state index in [2.05, 4.69) is 10.5 Å². The highest BCUT2D eigenvalue weighted by atomic mass is 35.5. The van der Waals surface area contributed by atoms with E-state index < -0.39 is 4.92 Å². The van der Waals surface area contributed by atoms with Gasteiger partial charge in [-0.2, -0.15) is 5.10 Å². The van der Waals surface area contributed by atoms with E-state index in [9.17, 15) is 15.2 Å². The summed E-state index contributed by atoms with van der Waals surface area (Å²) in [7, 11) is 0. The van der Waals surface area contributed by atoms with Crippen LogP contribution in [0.25, 0.3) is 0 Å². The summed E-state index contributed by atoms with van der Waals surface area (Å²) in [5, 5.41) is 30.6. The van der Waals surface area contributed by atoms with Crippen molar-refractivity contribution in [1.29, 1.82) is 5.41 Å². The maximum atomic E-state index is 10.7. The second kappa shape index (κ2) is 6.40. The molecule has 0 radical (unpaired) electrons. The van der Waals surface area contributed by atoms with E-state index in [0.717, 1.165) is 6.21 Å². The summed E-state index contributed by atoms with van der Waals surface area (Å²) in [6, 6.07) is 2.46. The number of nitrogens with zero attached hydrogens (tertiary/aromatic N) is 2. The van der Waals surface area contributed by atoms with E-state index in [-0.39, 0.29) is 35.4 Å². The molecule has 0 fully saturated rings. The first-order valence-corrected chi connectivity index (χ1v) is 4.53. The molecule has 8 nitrogen and oxygen atoms in total. The monoisotopic (exact) mass is 273 g/mol. The first-order chi connectivity index (χ1) is 7.91. The Kier molecular flexibility index (Phi) is 5.57. The highest BCUT2D eigenvalue weighted by Crippen LogP contribution is 2.25. The van der Waals surface area contributed by atoms with E-state index in [0.29, 0.717) is 5.56 Å². The minimum atomic E-state index is -0.551. The van der Waals surface area contributed by atoms with Crippen molar-refractivity contribution in [3.63, 3.8) is 0 Å². The molecule has 0 aliphatic rings. The number of benzene rings is 1. The predicted octanol–water partition coefficient (Wildman–Crippen LogP) is 0.848. The lowest BCUT2D eigenvalue weighted by molar-refractivity contribution is -0.385. The molecule has 0 saturated heterocycles. The normalized spacial score (nSPS) is 9.83. The van der Waals surface area contributed by atoms with Gasteiger partial charge in [0.25, 0.3) is 5.69 Å². The zero-order valence-corrected chi connectivity index (χ0v) is 10.2. The molecule has 0 aromatic heterocycles. The Hall–Kier alpha value is -2.35. The molecule has 0 atom stereocenters. The van der Waals surface area contributed by atoms with Crippen LogP contribution in [0.2, 0.25) is 0 Å². The van der Waals surface area contributed by atoms with Crippen molar-refractivity contribution in [3.8, 4) is 5.75 Å².